The number of nitrogens with one attached hydrogen (secondary N) is 2. The first-order valence-electron chi connectivity index (χ1n) is 8.40. The van der Waals surface area contributed by atoms with Crippen LogP contribution in [0.15, 0.2) is 48.5 Å². The minimum absolute atomic E-state index is 0.168. The summed E-state index contributed by atoms with van der Waals surface area (Å²) in [6.07, 6.45) is 0. The number of hydrogen-bond donors (Lipinski definition) is 2. The van der Waals surface area contributed by atoms with Crippen LogP contribution in [0.25, 0.3) is 0 Å². The van der Waals surface area contributed by atoms with E-state index in [0.717, 1.165) is 0 Å². The first-order chi connectivity index (χ1) is 13.5. The summed E-state index contributed by atoms with van der Waals surface area (Å²) in [6, 6.07) is 12.3. The first kappa shape index (κ1) is 19.1. The van der Waals surface area contributed by atoms with E-state index < -0.39 is 5.91 Å². The van der Waals surface area contributed by atoms with Crippen LogP contribution in [-0.4, -0.2) is 30.1 Å². The normalized spacial score (nSPS) is 10.3. The third-order valence-corrected chi connectivity index (χ3v) is 3.84. The van der Waals surface area contributed by atoms with Crippen LogP contribution in [0, 0.1) is 12.7 Å². The lowest BCUT2D eigenvalue weighted by atomic mass is 10.2. The van der Waals surface area contributed by atoms with Gasteiger partial charge in [0.05, 0.1) is 19.9 Å². The molecule has 144 valence electrons. The van der Waals surface area contributed by atoms with Gasteiger partial charge in [-0.1, -0.05) is 0 Å². The number of benzene rings is 2. The van der Waals surface area contributed by atoms with E-state index >= 15 is 0 Å². The number of halogens is 1. The molecule has 0 saturated heterocycles. The summed E-state index contributed by atoms with van der Waals surface area (Å²) in [5, 5.41) is 5.72. The topological polar surface area (TPSA) is 85.4 Å². The van der Waals surface area contributed by atoms with Gasteiger partial charge in [0.1, 0.15) is 23.0 Å². The van der Waals surface area contributed by atoms with Crippen LogP contribution in [0.5, 0.6) is 11.5 Å². The second kappa shape index (κ2) is 8.34. The molecule has 0 saturated carbocycles. The van der Waals surface area contributed by atoms with Gasteiger partial charge in [0, 0.05) is 17.4 Å². The SMILES string of the molecule is COc1ccc(OC)c(Nc2nc(C)cc(C(=O)Nc3ccc(F)cc3)n2)c1. The fourth-order valence-electron chi connectivity index (χ4n) is 2.50. The molecule has 0 unspecified atom stereocenters. The molecule has 0 atom stereocenters. The Hall–Kier alpha value is -3.68. The van der Waals surface area contributed by atoms with Gasteiger partial charge in [-0.2, -0.15) is 0 Å². The van der Waals surface area contributed by atoms with Gasteiger partial charge in [-0.3, -0.25) is 4.79 Å². The van der Waals surface area contributed by atoms with Gasteiger partial charge < -0.3 is 20.1 Å². The van der Waals surface area contributed by atoms with Crippen molar-refractivity contribution in [2.45, 2.75) is 6.92 Å². The average Bonchev–Trinajstić information content (AvgIpc) is 2.69. The molecule has 1 amide bonds. The second-order valence-corrected chi connectivity index (χ2v) is 5.87. The molecule has 3 rings (SSSR count). The van der Waals surface area contributed by atoms with Gasteiger partial charge in [-0.15, -0.1) is 0 Å². The molecule has 0 aliphatic heterocycles. The van der Waals surface area contributed by atoms with E-state index in [2.05, 4.69) is 20.6 Å². The first-order valence-corrected chi connectivity index (χ1v) is 8.40. The van der Waals surface area contributed by atoms with E-state index in [-0.39, 0.29) is 17.5 Å². The predicted octanol–water partition coefficient (Wildman–Crippen LogP) is 3.94. The average molecular weight is 382 g/mol. The number of amides is 1. The van der Waals surface area contributed by atoms with E-state index in [1.54, 1.807) is 45.4 Å². The predicted molar refractivity (Wildman–Crippen MR) is 104 cm³/mol. The number of aromatic nitrogens is 2. The molecule has 1 heterocycles. The maximum atomic E-state index is 13.0. The highest BCUT2D eigenvalue weighted by atomic mass is 19.1. The highest BCUT2D eigenvalue weighted by Crippen LogP contribution is 2.30. The number of methoxy groups -OCH3 is 2. The third kappa shape index (κ3) is 4.53. The third-order valence-electron chi connectivity index (χ3n) is 3.84. The molecule has 28 heavy (non-hydrogen) atoms. The minimum atomic E-state index is -0.433. The van der Waals surface area contributed by atoms with Crippen LogP contribution >= 0.6 is 0 Å². The van der Waals surface area contributed by atoms with E-state index in [1.165, 1.54) is 24.3 Å². The standard InChI is InChI=1S/C20H19FN4O3/c1-12-10-17(19(26)23-14-6-4-13(21)5-7-14)25-20(22-12)24-16-11-15(27-2)8-9-18(16)28-3/h4-11H,1-3H3,(H,23,26)(H,22,24,25). The Kier molecular flexibility index (Phi) is 5.69. The van der Waals surface area contributed by atoms with Crippen molar-refractivity contribution >= 4 is 23.2 Å². The number of anilines is 3. The molecule has 0 fully saturated rings. The summed E-state index contributed by atoms with van der Waals surface area (Å²) in [5.74, 6) is 0.622. The lowest BCUT2D eigenvalue weighted by Gasteiger charge is -2.13. The molecule has 0 aliphatic carbocycles. The van der Waals surface area contributed by atoms with E-state index in [0.29, 0.717) is 28.6 Å². The quantitative estimate of drug-likeness (QED) is 0.672. The smallest absolute Gasteiger partial charge is 0.274 e. The number of nitrogens with zero attached hydrogens (tertiary/aromatic N) is 2. The molecule has 0 radical (unpaired) electrons. The Morgan fingerprint density at radius 1 is 1.00 bits per heavy atom. The Labute approximate surface area is 161 Å². The van der Waals surface area contributed by atoms with E-state index in [9.17, 15) is 9.18 Å². The zero-order chi connectivity index (χ0) is 20.1. The summed E-state index contributed by atoms with van der Waals surface area (Å²) in [7, 11) is 3.11. The summed E-state index contributed by atoms with van der Waals surface area (Å²) >= 11 is 0. The molecule has 0 spiro atoms. The van der Waals surface area contributed by atoms with Crippen LogP contribution in [0.1, 0.15) is 16.2 Å². The summed E-state index contributed by atoms with van der Waals surface area (Å²) < 4.78 is 23.6. The Balaban J connectivity index is 1.85. The van der Waals surface area contributed by atoms with E-state index in [1.807, 2.05) is 0 Å². The summed E-state index contributed by atoms with van der Waals surface area (Å²) in [5.41, 5.74) is 1.83. The van der Waals surface area contributed by atoms with Gasteiger partial charge in [-0.05, 0) is 49.4 Å². The molecule has 7 nitrogen and oxygen atoms in total. The summed E-state index contributed by atoms with van der Waals surface area (Å²) in [4.78, 5) is 21.1. The number of rotatable bonds is 6. The van der Waals surface area contributed by atoms with Crippen LogP contribution < -0.4 is 20.1 Å². The largest absolute Gasteiger partial charge is 0.497 e. The highest BCUT2D eigenvalue weighted by Gasteiger charge is 2.13. The fourth-order valence-corrected chi connectivity index (χ4v) is 2.50. The molecule has 2 aromatic carbocycles. The molecular weight excluding hydrogens is 363 g/mol. The Morgan fingerprint density at radius 2 is 1.75 bits per heavy atom. The zero-order valence-electron chi connectivity index (χ0n) is 15.6. The highest BCUT2D eigenvalue weighted by molar-refractivity contribution is 6.03. The van der Waals surface area contributed by atoms with Gasteiger partial charge in [0.25, 0.3) is 5.91 Å². The molecule has 0 bridgehead atoms. The van der Waals surface area contributed by atoms with Crippen LogP contribution in [-0.2, 0) is 0 Å². The summed E-state index contributed by atoms with van der Waals surface area (Å²) in [6.45, 7) is 1.75. The monoisotopic (exact) mass is 382 g/mol. The molecule has 1 aromatic heterocycles. The lowest BCUT2D eigenvalue weighted by Crippen LogP contribution is -2.15. The van der Waals surface area contributed by atoms with E-state index in [4.69, 9.17) is 9.47 Å². The molecule has 8 heteroatoms. The number of aryl methyl sites for hydroxylation is 1. The maximum absolute atomic E-state index is 13.0. The van der Waals surface area contributed by atoms with Crippen molar-refractivity contribution in [2.24, 2.45) is 0 Å². The van der Waals surface area contributed by atoms with Crippen LogP contribution in [0.3, 0.4) is 0 Å². The van der Waals surface area contributed by atoms with Crippen LogP contribution in [0.2, 0.25) is 0 Å². The molecule has 2 N–H and O–H groups in total. The van der Waals surface area contributed by atoms with Crippen molar-refractivity contribution in [3.05, 3.63) is 65.7 Å². The number of hydrogen-bond acceptors (Lipinski definition) is 6. The van der Waals surface area contributed by atoms with Gasteiger partial charge in [0.2, 0.25) is 5.95 Å². The molecule has 0 aliphatic rings. The second-order valence-electron chi connectivity index (χ2n) is 5.87. The van der Waals surface area contributed by atoms with Gasteiger partial charge in [0.15, 0.2) is 0 Å². The molecular formula is C20H19FN4O3. The zero-order valence-corrected chi connectivity index (χ0v) is 15.6. The van der Waals surface area contributed by atoms with Crippen molar-refractivity contribution in [3.8, 4) is 11.5 Å². The maximum Gasteiger partial charge on any atom is 0.274 e. The van der Waals surface area contributed by atoms with Crippen molar-refractivity contribution in [1.82, 2.24) is 9.97 Å². The fraction of sp³-hybridized carbons (Fsp3) is 0.150. The molecule has 3 aromatic rings. The van der Waals surface area contributed by atoms with Gasteiger partial charge >= 0.3 is 0 Å². The van der Waals surface area contributed by atoms with Crippen molar-refractivity contribution in [2.75, 3.05) is 24.9 Å². The van der Waals surface area contributed by atoms with Crippen molar-refractivity contribution in [1.29, 1.82) is 0 Å². The minimum Gasteiger partial charge on any atom is -0.497 e. The number of carbonyl (C=O) groups excluding carboxylic acids is 1. The number of ether oxygens (including phenoxy) is 2. The van der Waals surface area contributed by atoms with Gasteiger partial charge in [-0.25, -0.2) is 14.4 Å². The van der Waals surface area contributed by atoms with Crippen LogP contribution in [0.4, 0.5) is 21.7 Å². The van der Waals surface area contributed by atoms with Crippen molar-refractivity contribution in [3.63, 3.8) is 0 Å². The van der Waals surface area contributed by atoms with Crippen molar-refractivity contribution < 1.29 is 18.7 Å². The number of carbonyl (C=O) groups is 1. The lowest BCUT2D eigenvalue weighted by molar-refractivity contribution is 0.102. The Morgan fingerprint density at radius 3 is 2.43 bits per heavy atom. The Bertz CT molecular complexity index is 993.